The molecule has 5 rings (SSSR count). The maximum Gasteiger partial charge on any atom is 0.142 e. The molecule has 1 aliphatic heterocycles. The maximum absolute atomic E-state index is 4.58. The average molecular weight is 291 g/mol. The van der Waals surface area contributed by atoms with Gasteiger partial charge in [-0.05, 0) is 30.5 Å². The van der Waals surface area contributed by atoms with Gasteiger partial charge in [-0.15, -0.1) is 0 Å². The number of anilines is 1. The van der Waals surface area contributed by atoms with Crippen molar-refractivity contribution in [1.82, 2.24) is 19.9 Å². The molecule has 1 aliphatic carbocycles. The highest BCUT2D eigenvalue weighted by atomic mass is 15.3. The number of nitrogens with one attached hydrogen (secondary N) is 1. The van der Waals surface area contributed by atoms with E-state index in [-0.39, 0.29) is 0 Å². The van der Waals surface area contributed by atoms with Crippen molar-refractivity contribution in [3.8, 4) is 0 Å². The second kappa shape index (κ2) is 4.29. The molecular formula is C17H17N5. The number of aromatic nitrogens is 4. The fourth-order valence-corrected chi connectivity index (χ4v) is 4.15. The zero-order valence-corrected chi connectivity index (χ0v) is 12.2. The second-order valence-corrected chi connectivity index (χ2v) is 6.47. The molecule has 0 radical (unpaired) electrons. The van der Waals surface area contributed by atoms with Crippen LogP contribution in [-0.4, -0.2) is 26.5 Å². The molecule has 2 aliphatic rings. The molecular weight excluding hydrogens is 274 g/mol. The minimum absolute atomic E-state index is 0.392. The van der Waals surface area contributed by atoms with Gasteiger partial charge < -0.3 is 9.88 Å². The van der Waals surface area contributed by atoms with Crippen LogP contribution >= 0.6 is 0 Å². The molecule has 0 bridgehead atoms. The zero-order valence-electron chi connectivity index (χ0n) is 12.2. The minimum atomic E-state index is 0.392. The lowest BCUT2D eigenvalue weighted by Crippen LogP contribution is -2.62. The highest BCUT2D eigenvalue weighted by Gasteiger charge is 2.57. The van der Waals surface area contributed by atoms with Gasteiger partial charge in [0.25, 0.3) is 0 Å². The van der Waals surface area contributed by atoms with Gasteiger partial charge in [0, 0.05) is 30.6 Å². The van der Waals surface area contributed by atoms with Crippen molar-refractivity contribution in [3.05, 3.63) is 48.7 Å². The number of fused-ring (bicyclic) bond motifs is 1. The van der Waals surface area contributed by atoms with E-state index in [4.69, 9.17) is 0 Å². The number of hydrogen-bond donors (Lipinski definition) is 1. The summed E-state index contributed by atoms with van der Waals surface area (Å²) in [6, 6.07) is 6.68. The molecule has 1 spiro atoms. The van der Waals surface area contributed by atoms with Gasteiger partial charge in [0.1, 0.15) is 17.8 Å². The summed E-state index contributed by atoms with van der Waals surface area (Å²) in [4.78, 5) is 18.8. The summed E-state index contributed by atoms with van der Waals surface area (Å²) in [6.45, 7) is 1.09. The fourth-order valence-electron chi connectivity index (χ4n) is 4.15. The molecule has 0 amide bonds. The molecule has 1 atom stereocenters. The van der Waals surface area contributed by atoms with Crippen LogP contribution in [0.2, 0.25) is 0 Å². The molecule has 110 valence electrons. The molecule has 1 saturated carbocycles. The van der Waals surface area contributed by atoms with Crippen molar-refractivity contribution < 1.29 is 0 Å². The van der Waals surface area contributed by atoms with Crippen molar-refractivity contribution in [2.45, 2.75) is 25.3 Å². The first-order valence-corrected chi connectivity index (χ1v) is 7.82. The van der Waals surface area contributed by atoms with Crippen LogP contribution in [-0.2, 0) is 0 Å². The summed E-state index contributed by atoms with van der Waals surface area (Å²) < 4.78 is 0. The number of nitrogens with zero attached hydrogens (tertiary/aromatic N) is 4. The largest absolute Gasteiger partial charge is 0.348 e. The summed E-state index contributed by atoms with van der Waals surface area (Å²) in [5.41, 5.74) is 2.64. The predicted molar refractivity (Wildman–Crippen MR) is 84.5 cm³/mol. The van der Waals surface area contributed by atoms with E-state index in [9.17, 15) is 0 Å². The van der Waals surface area contributed by atoms with Gasteiger partial charge >= 0.3 is 0 Å². The van der Waals surface area contributed by atoms with Gasteiger partial charge in [0.2, 0.25) is 0 Å². The Kier molecular flexibility index (Phi) is 2.37. The molecule has 3 aromatic heterocycles. The predicted octanol–water partition coefficient (Wildman–Crippen LogP) is 3.08. The third-order valence-corrected chi connectivity index (χ3v) is 5.33. The van der Waals surface area contributed by atoms with E-state index in [1.54, 1.807) is 6.33 Å². The van der Waals surface area contributed by atoms with Gasteiger partial charge in [0.05, 0.1) is 11.4 Å². The van der Waals surface area contributed by atoms with E-state index in [0.29, 0.717) is 11.5 Å². The smallest absolute Gasteiger partial charge is 0.142 e. The van der Waals surface area contributed by atoms with Crippen LogP contribution in [0.1, 0.15) is 30.9 Å². The van der Waals surface area contributed by atoms with Crippen molar-refractivity contribution in [1.29, 1.82) is 0 Å². The van der Waals surface area contributed by atoms with Crippen molar-refractivity contribution >= 4 is 16.9 Å². The molecule has 1 saturated heterocycles. The number of aromatic amines is 1. The Morgan fingerprint density at radius 3 is 2.95 bits per heavy atom. The van der Waals surface area contributed by atoms with E-state index < -0.39 is 0 Å². The molecule has 5 nitrogen and oxygen atoms in total. The molecule has 5 heteroatoms. The molecule has 1 unspecified atom stereocenters. The third-order valence-electron chi connectivity index (χ3n) is 5.33. The number of pyridine rings is 1. The van der Waals surface area contributed by atoms with Crippen LogP contribution in [0.5, 0.6) is 0 Å². The molecule has 1 N–H and O–H groups in total. The lowest BCUT2D eigenvalue weighted by atomic mass is 9.56. The Morgan fingerprint density at radius 1 is 1.23 bits per heavy atom. The topological polar surface area (TPSA) is 57.7 Å². The number of H-pyrrole nitrogens is 1. The van der Waals surface area contributed by atoms with Gasteiger partial charge in [0.15, 0.2) is 0 Å². The van der Waals surface area contributed by atoms with Crippen LogP contribution in [0, 0.1) is 5.41 Å². The average Bonchev–Trinajstić information content (AvgIpc) is 2.95. The molecule has 2 fully saturated rings. The lowest BCUT2D eigenvalue weighted by molar-refractivity contribution is 0.0278. The third kappa shape index (κ3) is 1.51. The highest BCUT2D eigenvalue weighted by Crippen LogP contribution is 2.61. The van der Waals surface area contributed by atoms with Crippen LogP contribution in [0.4, 0.5) is 5.82 Å². The SMILES string of the molecule is c1cncc(C2N(c3ncnc4[nH]ccc34)CC23CCC3)c1. The highest BCUT2D eigenvalue weighted by molar-refractivity contribution is 5.88. The quantitative estimate of drug-likeness (QED) is 0.788. The van der Waals surface area contributed by atoms with E-state index >= 15 is 0 Å². The standard InChI is InChI=1S/C17H17N5/c1-3-12(9-18-7-1)14-17(5-2-6-17)10-22(14)16-13-4-8-19-15(13)20-11-21-16/h1,3-4,7-9,11,14H,2,5-6,10H2,(H,19,20,21). The van der Waals surface area contributed by atoms with Crippen LogP contribution < -0.4 is 4.90 Å². The Balaban J connectivity index is 1.61. The molecule has 0 aromatic carbocycles. The Morgan fingerprint density at radius 2 is 2.18 bits per heavy atom. The maximum atomic E-state index is 4.58. The van der Waals surface area contributed by atoms with Crippen LogP contribution in [0.25, 0.3) is 11.0 Å². The van der Waals surface area contributed by atoms with E-state index in [1.807, 2.05) is 24.7 Å². The van der Waals surface area contributed by atoms with E-state index in [2.05, 4.69) is 37.0 Å². The number of hydrogen-bond acceptors (Lipinski definition) is 4. The minimum Gasteiger partial charge on any atom is -0.348 e. The molecule has 22 heavy (non-hydrogen) atoms. The van der Waals surface area contributed by atoms with E-state index in [1.165, 1.54) is 24.8 Å². The fraction of sp³-hybridized carbons (Fsp3) is 0.353. The Labute approximate surface area is 128 Å². The molecule has 4 heterocycles. The summed E-state index contributed by atoms with van der Waals surface area (Å²) in [5, 5.41) is 1.10. The van der Waals surface area contributed by atoms with Crippen molar-refractivity contribution in [2.75, 3.05) is 11.4 Å². The first-order valence-electron chi connectivity index (χ1n) is 7.82. The zero-order chi connectivity index (χ0) is 14.6. The number of rotatable bonds is 2. The summed E-state index contributed by atoms with van der Waals surface area (Å²) in [7, 11) is 0. The van der Waals surface area contributed by atoms with E-state index in [0.717, 1.165) is 23.4 Å². The monoisotopic (exact) mass is 291 g/mol. The van der Waals surface area contributed by atoms with Crippen LogP contribution in [0.15, 0.2) is 43.1 Å². The summed E-state index contributed by atoms with van der Waals surface area (Å²) in [5.74, 6) is 1.04. The van der Waals surface area contributed by atoms with Gasteiger partial charge in [-0.25, -0.2) is 9.97 Å². The summed E-state index contributed by atoms with van der Waals surface area (Å²) >= 11 is 0. The Bertz CT molecular complexity index is 821. The summed E-state index contributed by atoms with van der Waals surface area (Å²) in [6.07, 6.45) is 11.4. The van der Waals surface area contributed by atoms with Gasteiger partial charge in [-0.1, -0.05) is 12.5 Å². The van der Waals surface area contributed by atoms with Gasteiger partial charge in [-0.2, -0.15) is 0 Å². The first-order chi connectivity index (χ1) is 10.9. The molecule has 3 aromatic rings. The normalized spacial score (nSPS) is 22.5. The van der Waals surface area contributed by atoms with Crippen molar-refractivity contribution in [2.24, 2.45) is 5.41 Å². The lowest BCUT2D eigenvalue weighted by Gasteiger charge is -2.63. The van der Waals surface area contributed by atoms with Gasteiger partial charge in [-0.3, -0.25) is 4.98 Å². The first kappa shape index (κ1) is 12.1. The van der Waals surface area contributed by atoms with Crippen molar-refractivity contribution in [3.63, 3.8) is 0 Å². The second-order valence-electron chi connectivity index (χ2n) is 6.47. The Hall–Kier alpha value is -2.43. The van der Waals surface area contributed by atoms with Crippen LogP contribution in [0.3, 0.4) is 0 Å².